The van der Waals surface area contributed by atoms with Gasteiger partial charge in [0, 0.05) is 18.5 Å². The second-order valence-electron chi connectivity index (χ2n) is 6.90. The zero-order valence-electron chi connectivity index (χ0n) is 17.5. The van der Waals surface area contributed by atoms with Gasteiger partial charge in [-0.25, -0.2) is 0 Å². The van der Waals surface area contributed by atoms with Crippen LogP contribution in [0.4, 0.5) is 5.82 Å². The summed E-state index contributed by atoms with van der Waals surface area (Å²) >= 11 is 6.51. The van der Waals surface area contributed by atoms with Crippen molar-refractivity contribution in [2.24, 2.45) is 0 Å². The molecule has 5 nitrogen and oxygen atoms in total. The van der Waals surface area contributed by atoms with Crippen molar-refractivity contribution in [1.82, 2.24) is 19.6 Å². The lowest BCUT2D eigenvalue weighted by Crippen LogP contribution is -2.25. The summed E-state index contributed by atoms with van der Waals surface area (Å²) in [7, 11) is 0. The topological polar surface area (TPSA) is 36.3 Å². The molecule has 2 aromatic rings. The second-order valence-corrected chi connectivity index (χ2v) is 7.30. The zero-order chi connectivity index (χ0) is 19.6. The number of anilines is 1. The summed E-state index contributed by atoms with van der Waals surface area (Å²) in [5.41, 5.74) is 1.05. The molecular formula is C21H36ClN5. The van der Waals surface area contributed by atoms with E-state index in [1.807, 2.05) is 12.1 Å². The molecular weight excluding hydrogens is 358 g/mol. The van der Waals surface area contributed by atoms with E-state index in [2.05, 4.69) is 53.6 Å². The normalized spacial score (nSPS) is 11.8. The first-order valence-electron chi connectivity index (χ1n) is 10.5. The van der Waals surface area contributed by atoms with Crippen molar-refractivity contribution >= 4 is 28.3 Å². The Labute approximate surface area is 169 Å². The lowest BCUT2D eigenvalue weighted by Gasteiger charge is -2.17. The number of nitrogens with zero attached hydrogens (tertiary/aromatic N) is 4. The van der Waals surface area contributed by atoms with Crippen molar-refractivity contribution < 1.29 is 0 Å². The van der Waals surface area contributed by atoms with E-state index in [9.17, 15) is 0 Å². The number of fused-ring (bicyclic) bond motifs is 1. The molecule has 2 rings (SSSR count). The van der Waals surface area contributed by atoms with E-state index in [0.29, 0.717) is 0 Å². The number of hydrogen-bond acceptors (Lipinski definition) is 4. The number of hydrogen-bond donors (Lipinski definition) is 1. The number of benzene rings is 1. The Morgan fingerprint density at radius 1 is 0.963 bits per heavy atom. The highest BCUT2D eigenvalue weighted by molar-refractivity contribution is 6.35. The van der Waals surface area contributed by atoms with Crippen LogP contribution in [0.5, 0.6) is 0 Å². The Morgan fingerprint density at radius 2 is 1.59 bits per heavy atom. The predicted molar refractivity (Wildman–Crippen MR) is 118 cm³/mol. The van der Waals surface area contributed by atoms with Crippen LogP contribution in [-0.2, 0) is 6.54 Å². The molecule has 0 spiro atoms. The van der Waals surface area contributed by atoms with Gasteiger partial charge in [-0.2, -0.15) is 5.10 Å². The first kappa shape index (κ1) is 22.0. The lowest BCUT2D eigenvalue weighted by atomic mass is 10.2. The minimum Gasteiger partial charge on any atom is -0.368 e. The summed E-state index contributed by atoms with van der Waals surface area (Å²) in [6.07, 6.45) is 2.18. The molecule has 0 aliphatic carbocycles. The van der Waals surface area contributed by atoms with Gasteiger partial charge >= 0.3 is 0 Å². The quantitative estimate of drug-likeness (QED) is 0.506. The Hall–Kier alpha value is -1.30. The third-order valence-electron chi connectivity index (χ3n) is 5.30. The van der Waals surface area contributed by atoms with Crippen LogP contribution in [0, 0.1) is 0 Å². The summed E-state index contributed by atoms with van der Waals surface area (Å²) in [4.78, 5) is 4.89. The standard InChI is InChI=1S/C21H36ClN5/c1-5-25(6-2)15-10-14-23-21-18-12-9-13-19(22)20(18)27(24-21)17-11-16-26(7-3)8-4/h9,12-13H,5-8,10-11,14-17H2,1-4H3,(H,23,24). The van der Waals surface area contributed by atoms with Crippen LogP contribution in [0.25, 0.3) is 10.9 Å². The molecule has 0 amide bonds. The van der Waals surface area contributed by atoms with Crippen LogP contribution in [0.15, 0.2) is 18.2 Å². The molecule has 0 unspecified atom stereocenters. The number of para-hydroxylation sites is 1. The van der Waals surface area contributed by atoms with Crippen LogP contribution >= 0.6 is 11.6 Å². The molecule has 1 N–H and O–H groups in total. The third-order valence-corrected chi connectivity index (χ3v) is 5.60. The van der Waals surface area contributed by atoms with E-state index in [0.717, 1.165) is 86.9 Å². The first-order valence-corrected chi connectivity index (χ1v) is 10.9. The molecule has 6 heteroatoms. The van der Waals surface area contributed by atoms with E-state index in [4.69, 9.17) is 16.7 Å². The van der Waals surface area contributed by atoms with Gasteiger partial charge in [0.25, 0.3) is 0 Å². The summed E-state index contributed by atoms with van der Waals surface area (Å²) in [6.45, 7) is 17.3. The molecule has 0 fully saturated rings. The van der Waals surface area contributed by atoms with Crippen LogP contribution in [-0.4, -0.2) is 65.4 Å². The molecule has 0 atom stereocenters. The predicted octanol–water partition coefficient (Wildman–Crippen LogP) is 4.57. The average Bonchev–Trinajstić information content (AvgIpc) is 3.04. The number of nitrogens with one attached hydrogen (secondary N) is 1. The fourth-order valence-electron chi connectivity index (χ4n) is 3.52. The minimum atomic E-state index is 0.777. The highest BCUT2D eigenvalue weighted by Gasteiger charge is 2.13. The van der Waals surface area contributed by atoms with Crippen molar-refractivity contribution in [2.75, 3.05) is 51.1 Å². The molecule has 0 aliphatic rings. The number of halogens is 1. The van der Waals surface area contributed by atoms with Crippen molar-refractivity contribution in [3.05, 3.63) is 23.2 Å². The molecule has 0 saturated heterocycles. The molecule has 1 aromatic heterocycles. The van der Waals surface area contributed by atoms with Crippen LogP contribution in [0.1, 0.15) is 40.5 Å². The van der Waals surface area contributed by atoms with Gasteiger partial charge in [-0.3, -0.25) is 4.68 Å². The van der Waals surface area contributed by atoms with E-state index in [-0.39, 0.29) is 0 Å². The van der Waals surface area contributed by atoms with E-state index < -0.39 is 0 Å². The largest absolute Gasteiger partial charge is 0.368 e. The average molecular weight is 394 g/mol. The number of aryl methyl sites for hydroxylation is 1. The summed E-state index contributed by atoms with van der Waals surface area (Å²) in [5.74, 6) is 0.954. The van der Waals surface area contributed by atoms with E-state index >= 15 is 0 Å². The SMILES string of the molecule is CCN(CC)CCCNc1nn(CCCN(CC)CC)c2c(Cl)cccc12. The van der Waals surface area contributed by atoms with Crippen LogP contribution < -0.4 is 5.32 Å². The molecule has 152 valence electrons. The summed E-state index contributed by atoms with van der Waals surface area (Å²) in [6, 6.07) is 6.08. The third kappa shape index (κ3) is 6.09. The van der Waals surface area contributed by atoms with Crippen LogP contribution in [0.3, 0.4) is 0 Å². The monoisotopic (exact) mass is 393 g/mol. The van der Waals surface area contributed by atoms with Crippen molar-refractivity contribution in [1.29, 1.82) is 0 Å². The molecule has 0 bridgehead atoms. The highest BCUT2D eigenvalue weighted by atomic mass is 35.5. The smallest absolute Gasteiger partial charge is 0.156 e. The molecule has 27 heavy (non-hydrogen) atoms. The van der Waals surface area contributed by atoms with Gasteiger partial charge in [0.2, 0.25) is 0 Å². The van der Waals surface area contributed by atoms with Gasteiger partial charge in [0.05, 0.1) is 10.5 Å². The van der Waals surface area contributed by atoms with E-state index in [1.165, 1.54) is 0 Å². The first-order chi connectivity index (χ1) is 13.1. The minimum absolute atomic E-state index is 0.777. The van der Waals surface area contributed by atoms with Gasteiger partial charge in [-0.1, -0.05) is 45.4 Å². The van der Waals surface area contributed by atoms with Crippen molar-refractivity contribution in [3.8, 4) is 0 Å². The zero-order valence-corrected chi connectivity index (χ0v) is 18.2. The maximum Gasteiger partial charge on any atom is 0.156 e. The summed E-state index contributed by atoms with van der Waals surface area (Å²) < 4.78 is 2.08. The Bertz CT molecular complexity index is 677. The Balaban J connectivity index is 2.03. The molecule has 1 heterocycles. The van der Waals surface area contributed by atoms with Gasteiger partial charge in [-0.15, -0.1) is 0 Å². The van der Waals surface area contributed by atoms with Gasteiger partial charge < -0.3 is 15.1 Å². The van der Waals surface area contributed by atoms with Gasteiger partial charge in [0.1, 0.15) is 0 Å². The lowest BCUT2D eigenvalue weighted by molar-refractivity contribution is 0.292. The molecule has 0 radical (unpaired) electrons. The fraction of sp³-hybridized carbons (Fsp3) is 0.667. The van der Waals surface area contributed by atoms with E-state index in [1.54, 1.807) is 0 Å². The molecule has 0 aliphatic heterocycles. The Kier molecular flexibility index (Phi) is 9.39. The molecule has 0 saturated carbocycles. The number of aromatic nitrogens is 2. The van der Waals surface area contributed by atoms with Gasteiger partial charge in [-0.05, 0) is 64.2 Å². The maximum atomic E-state index is 6.51. The van der Waals surface area contributed by atoms with Gasteiger partial charge in [0.15, 0.2) is 5.82 Å². The van der Waals surface area contributed by atoms with Crippen molar-refractivity contribution in [3.63, 3.8) is 0 Å². The maximum absolute atomic E-state index is 6.51. The Morgan fingerprint density at radius 3 is 2.22 bits per heavy atom. The highest BCUT2D eigenvalue weighted by Crippen LogP contribution is 2.29. The van der Waals surface area contributed by atoms with Crippen LogP contribution in [0.2, 0.25) is 5.02 Å². The second kappa shape index (κ2) is 11.5. The fourth-order valence-corrected chi connectivity index (χ4v) is 3.79. The molecule has 1 aromatic carbocycles. The van der Waals surface area contributed by atoms with Crippen molar-refractivity contribution in [2.45, 2.75) is 47.1 Å². The number of rotatable bonds is 13. The summed E-state index contributed by atoms with van der Waals surface area (Å²) in [5, 5.41) is 10.3.